The highest BCUT2D eigenvalue weighted by atomic mass is 16.7. The van der Waals surface area contributed by atoms with Gasteiger partial charge in [0, 0.05) is 11.0 Å². The van der Waals surface area contributed by atoms with Crippen LogP contribution < -0.4 is 15.2 Å². The number of phenols is 1. The molecule has 0 unspecified atom stereocenters. The molecule has 3 N–H and O–H groups in total. The summed E-state index contributed by atoms with van der Waals surface area (Å²) in [7, 11) is 0. The largest absolute Gasteiger partial charge is 0.511 e. The quantitative estimate of drug-likeness (QED) is 0.172. The molecule has 9 heteroatoms. The molecule has 0 fully saturated rings. The zero-order valence-electron chi connectivity index (χ0n) is 21.2. The first-order valence-corrected chi connectivity index (χ1v) is 11.6. The molecule has 0 aliphatic carbocycles. The summed E-state index contributed by atoms with van der Waals surface area (Å²) < 4.78 is 4.72. The summed E-state index contributed by atoms with van der Waals surface area (Å²) in [6.45, 7) is 9.82. The van der Waals surface area contributed by atoms with Gasteiger partial charge in [-0.3, -0.25) is 10.2 Å². The van der Waals surface area contributed by atoms with E-state index in [2.05, 4.69) is 15.6 Å². The Balaban J connectivity index is 1.67. The second kappa shape index (κ2) is 9.77. The molecule has 3 aromatic carbocycles. The number of carboxylic acid groups (broad SMARTS) is 1. The smallest absolute Gasteiger partial charge is 0.505 e. The lowest BCUT2D eigenvalue weighted by Crippen LogP contribution is -2.33. The molecule has 4 rings (SSSR count). The second-order valence-electron chi connectivity index (χ2n) is 9.75. The van der Waals surface area contributed by atoms with Crippen molar-refractivity contribution in [2.75, 3.05) is 10.4 Å². The van der Waals surface area contributed by atoms with Gasteiger partial charge in [0.05, 0.1) is 17.1 Å². The summed E-state index contributed by atoms with van der Waals surface area (Å²) >= 11 is 0. The van der Waals surface area contributed by atoms with Crippen molar-refractivity contribution in [1.82, 2.24) is 0 Å². The molecule has 190 valence electrons. The van der Waals surface area contributed by atoms with Crippen LogP contribution in [0.3, 0.4) is 0 Å². The highest BCUT2D eigenvalue weighted by Crippen LogP contribution is 2.37. The third-order valence-corrected chi connectivity index (χ3v) is 5.94. The van der Waals surface area contributed by atoms with Crippen LogP contribution in [0.2, 0.25) is 0 Å². The highest BCUT2D eigenvalue weighted by molar-refractivity contribution is 6.72. The molecule has 1 aliphatic rings. The van der Waals surface area contributed by atoms with Gasteiger partial charge in [-0.2, -0.15) is 15.2 Å². The topological polar surface area (TPSA) is 124 Å². The van der Waals surface area contributed by atoms with E-state index in [9.17, 15) is 14.7 Å². The number of carbonyl (C=O) groups excluding carboxylic acids is 1. The van der Waals surface area contributed by atoms with Crippen LogP contribution in [0, 0.1) is 19.3 Å². The summed E-state index contributed by atoms with van der Waals surface area (Å²) in [5.41, 5.74) is 7.05. The van der Waals surface area contributed by atoms with E-state index < -0.39 is 11.6 Å². The molecule has 0 saturated carbocycles. The van der Waals surface area contributed by atoms with Gasteiger partial charge < -0.3 is 14.9 Å². The average molecular weight is 501 g/mol. The molecule has 37 heavy (non-hydrogen) atoms. The van der Waals surface area contributed by atoms with Gasteiger partial charge in [0.2, 0.25) is 0 Å². The zero-order chi connectivity index (χ0) is 26.9. The number of nitrogens with one attached hydrogen (secondary N) is 1. The van der Waals surface area contributed by atoms with Crippen LogP contribution in [0.25, 0.3) is 11.1 Å². The lowest BCUT2D eigenvalue weighted by atomic mass is 9.87. The first-order chi connectivity index (χ1) is 17.5. The minimum absolute atomic E-state index is 0.120. The number of carbonyl (C=O) groups is 2. The summed E-state index contributed by atoms with van der Waals surface area (Å²) in [5.74, 6) is -0.378. The molecule has 9 nitrogen and oxygen atoms in total. The lowest BCUT2D eigenvalue weighted by Gasteiger charge is -2.17. The average Bonchev–Trinajstić information content (AvgIpc) is 3.16. The van der Waals surface area contributed by atoms with Crippen molar-refractivity contribution in [2.24, 2.45) is 15.6 Å². The van der Waals surface area contributed by atoms with E-state index in [0.717, 1.165) is 11.1 Å². The molecule has 0 bridgehead atoms. The molecule has 3 aromatic rings. The molecular weight excluding hydrogens is 472 g/mol. The number of para-hydroxylation sites is 1. The summed E-state index contributed by atoms with van der Waals surface area (Å²) in [6.07, 6.45) is -1.43. The third kappa shape index (κ3) is 5.30. The summed E-state index contributed by atoms with van der Waals surface area (Å²) in [5, 5.41) is 30.2. The molecule has 1 aliphatic heterocycles. The van der Waals surface area contributed by atoms with E-state index in [1.165, 1.54) is 17.1 Å². The molecular formula is C28H28N4O5. The number of rotatable bonds is 5. The van der Waals surface area contributed by atoms with E-state index in [1.54, 1.807) is 30.3 Å². The number of anilines is 2. The Morgan fingerprint density at radius 1 is 1.03 bits per heavy atom. The number of hydrogen-bond acceptors (Lipinski definition) is 7. The minimum Gasteiger partial charge on any atom is -0.505 e. The Morgan fingerprint density at radius 2 is 1.76 bits per heavy atom. The standard InChI is InChI=1S/C28H28N4O5/c1-16-12-13-19(14-17(16)2)32-26(34)23(25(31-32)28(3,4)5)30-29-22-11-7-10-21(24(22)33)18-8-6-9-20(15-18)37-27(35)36/h6-15,29,33H,1-5H3,(H,35,36). The van der Waals surface area contributed by atoms with Gasteiger partial charge in [0.25, 0.3) is 0 Å². The van der Waals surface area contributed by atoms with Crippen molar-refractivity contribution in [2.45, 2.75) is 34.6 Å². The number of hydrogen-bond donors (Lipinski definition) is 3. The van der Waals surface area contributed by atoms with E-state index in [4.69, 9.17) is 9.84 Å². The normalized spacial score (nSPS) is 14.6. The number of aromatic hydroxyl groups is 1. The number of nitrogens with zero attached hydrogens (tertiary/aromatic N) is 3. The fraction of sp³-hybridized carbons (Fsp3) is 0.214. The van der Waals surface area contributed by atoms with Crippen LogP contribution in [-0.2, 0) is 4.79 Å². The van der Waals surface area contributed by atoms with Crippen LogP contribution in [0.5, 0.6) is 11.5 Å². The van der Waals surface area contributed by atoms with Gasteiger partial charge >= 0.3 is 12.1 Å². The Labute approximate surface area is 214 Å². The minimum atomic E-state index is -1.43. The first-order valence-electron chi connectivity index (χ1n) is 11.6. The van der Waals surface area contributed by atoms with Gasteiger partial charge in [-0.25, -0.2) is 4.79 Å². The van der Waals surface area contributed by atoms with Crippen molar-refractivity contribution in [3.63, 3.8) is 0 Å². The van der Waals surface area contributed by atoms with Gasteiger partial charge in [0.1, 0.15) is 11.5 Å². The molecule has 1 heterocycles. The van der Waals surface area contributed by atoms with Gasteiger partial charge in [0.15, 0.2) is 5.71 Å². The van der Waals surface area contributed by atoms with E-state index in [1.807, 2.05) is 52.8 Å². The predicted octanol–water partition coefficient (Wildman–Crippen LogP) is 5.95. The second-order valence-corrected chi connectivity index (χ2v) is 9.75. The number of benzene rings is 3. The maximum Gasteiger partial charge on any atom is 0.511 e. The van der Waals surface area contributed by atoms with Gasteiger partial charge in [-0.1, -0.05) is 51.1 Å². The molecule has 0 spiro atoms. The number of hydrazone groups is 2. The maximum absolute atomic E-state index is 13.4. The summed E-state index contributed by atoms with van der Waals surface area (Å²) in [6, 6.07) is 17.0. The fourth-order valence-electron chi connectivity index (χ4n) is 3.84. The molecule has 1 amide bonds. The lowest BCUT2D eigenvalue weighted by molar-refractivity contribution is -0.112. The van der Waals surface area contributed by atoms with Crippen molar-refractivity contribution in [1.29, 1.82) is 0 Å². The Kier molecular flexibility index (Phi) is 6.72. The first kappa shape index (κ1) is 25.4. The van der Waals surface area contributed by atoms with Crippen LogP contribution in [0.4, 0.5) is 16.2 Å². The van der Waals surface area contributed by atoms with Crippen molar-refractivity contribution >= 4 is 34.9 Å². The van der Waals surface area contributed by atoms with Crippen molar-refractivity contribution < 1.29 is 24.5 Å². The molecule has 0 saturated heterocycles. The zero-order valence-corrected chi connectivity index (χ0v) is 21.2. The molecule has 0 atom stereocenters. The number of amides is 1. The van der Waals surface area contributed by atoms with Gasteiger partial charge in [-0.15, -0.1) is 0 Å². The molecule has 0 aromatic heterocycles. The van der Waals surface area contributed by atoms with Crippen LogP contribution >= 0.6 is 0 Å². The number of aryl methyl sites for hydroxylation is 2. The highest BCUT2D eigenvalue weighted by Gasteiger charge is 2.39. The predicted molar refractivity (Wildman–Crippen MR) is 144 cm³/mol. The van der Waals surface area contributed by atoms with Crippen LogP contribution in [-0.4, -0.2) is 33.7 Å². The Morgan fingerprint density at radius 3 is 2.43 bits per heavy atom. The number of phenolic OH excluding ortho intramolecular Hbond substituents is 1. The Hall–Kier alpha value is -4.66. The summed E-state index contributed by atoms with van der Waals surface area (Å²) in [4.78, 5) is 24.3. The van der Waals surface area contributed by atoms with Crippen LogP contribution in [0.1, 0.15) is 31.9 Å². The van der Waals surface area contributed by atoms with E-state index in [0.29, 0.717) is 22.5 Å². The van der Waals surface area contributed by atoms with E-state index >= 15 is 0 Å². The third-order valence-electron chi connectivity index (χ3n) is 5.94. The van der Waals surface area contributed by atoms with Crippen molar-refractivity contribution in [3.05, 3.63) is 71.8 Å². The monoisotopic (exact) mass is 500 g/mol. The SMILES string of the molecule is Cc1ccc(N2N=C(C(C)(C)C)C(=NNc3cccc(-c4cccc(OC(=O)O)c4)c3O)C2=O)cc1C. The fourth-order valence-corrected chi connectivity index (χ4v) is 3.84. The number of ether oxygens (including phenoxy) is 1. The Bertz CT molecular complexity index is 1450. The molecule has 0 radical (unpaired) electrons. The van der Waals surface area contributed by atoms with E-state index in [-0.39, 0.29) is 28.8 Å². The van der Waals surface area contributed by atoms with Crippen molar-refractivity contribution in [3.8, 4) is 22.6 Å². The van der Waals surface area contributed by atoms with Gasteiger partial charge in [-0.05, 0) is 60.9 Å². The maximum atomic E-state index is 13.4. The van der Waals surface area contributed by atoms with Crippen LogP contribution in [0.15, 0.2) is 70.9 Å².